The number of hydrogen-bond acceptors (Lipinski definition) is 6. The van der Waals surface area contributed by atoms with Gasteiger partial charge in [-0.25, -0.2) is 9.97 Å². The number of fused-ring (bicyclic) bond motifs is 1. The molecule has 156 valence electrons. The first-order chi connectivity index (χ1) is 14.7. The Morgan fingerprint density at radius 1 is 1.17 bits per heavy atom. The number of hydrogen-bond donors (Lipinski definition) is 1. The van der Waals surface area contributed by atoms with E-state index in [1.807, 2.05) is 48.2 Å². The molecule has 8 heteroatoms. The van der Waals surface area contributed by atoms with Gasteiger partial charge in [-0.2, -0.15) is 0 Å². The Balaban J connectivity index is 1.73. The molecular formula is C22H23ClN4O2S. The fourth-order valence-electron chi connectivity index (χ4n) is 3.35. The Kier molecular flexibility index (Phi) is 6.72. The summed E-state index contributed by atoms with van der Waals surface area (Å²) in [5, 5.41) is 4.06. The molecule has 1 atom stereocenters. The van der Waals surface area contributed by atoms with Crippen LogP contribution in [0.25, 0.3) is 11.0 Å². The average Bonchev–Trinajstić information content (AvgIpc) is 2.78. The average molecular weight is 443 g/mol. The number of nitrogens with zero attached hydrogens (tertiary/aromatic N) is 3. The van der Waals surface area contributed by atoms with Gasteiger partial charge < -0.3 is 15.0 Å². The third kappa shape index (κ3) is 4.69. The number of piperazine rings is 1. The summed E-state index contributed by atoms with van der Waals surface area (Å²) >= 11 is 7.50. The van der Waals surface area contributed by atoms with E-state index in [0.29, 0.717) is 46.7 Å². The van der Waals surface area contributed by atoms with Crippen LogP contribution < -0.4 is 10.1 Å². The van der Waals surface area contributed by atoms with Crippen LogP contribution in [0.2, 0.25) is 5.02 Å². The van der Waals surface area contributed by atoms with Crippen molar-refractivity contribution in [3.8, 4) is 5.88 Å². The highest BCUT2D eigenvalue weighted by molar-refractivity contribution is 8.00. The van der Waals surface area contributed by atoms with Gasteiger partial charge in [0.05, 0.1) is 17.6 Å². The number of ether oxygens (including phenoxy) is 1. The maximum Gasteiger partial charge on any atom is 0.247 e. The molecule has 30 heavy (non-hydrogen) atoms. The highest BCUT2D eigenvalue weighted by Crippen LogP contribution is 2.40. The number of nitrogens with one attached hydrogen (secondary N) is 1. The van der Waals surface area contributed by atoms with Gasteiger partial charge in [-0.05, 0) is 30.7 Å². The minimum absolute atomic E-state index is 0.0770. The fourth-order valence-corrected chi connectivity index (χ4v) is 4.64. The fraction of sp³-hybridized carbons (Fsp3) is 0.318. The summed E-state index contributed by atoms with van der Waals surface area (Å²) in [7, 11) is 0. The number of aromatic nitrogens is 2. The Morgan fingerprint density at radius 3 is 2.67 bits per heavy atom. The molecule has 1 saturated heterocycles. The minimum Gasteiger partial charge on any atom is -0.476 e. The Morgan fingerprint density at radius 2 is 1.93 bits per heavy atom. The van der Waals surface area contributed by atoms with Gasteiger partial charge in [-0.1, -0.05) is 53.7 Å². The van der Waals surface area contributed by atoms with Crippen LogP contribution in [-0.2, 0) is 4.79 Å². The van der Waals surface area contributed by atoms with Crippen molar-refractivity contribution in [2.45, 2.75) is 17.2 Å². The first kappa shape index (κ1) is 20.9. The predicted molar refractivity (Wildman–Crippen MR) is 120 cm³/mol. The molecule has 1 fully saturated rings. The molecule has 1 amide bonds. The van der Waals surface area contributed by atoms with Gasteiger partial charge in [0.2, 0.25) is 11.8 Å². The van der Waals surface area contributed by atoms with Crippen LogP contribution in [-0.4, -0.2) is 53.6 Å². The number of rotatable bonds is 6. The maximum atomic E-state index is 13.5. The van der Waals surface area contributed by atoms with Crippen molar-refractivity contribution in [2.24, 2.45) is 0 Å². The lowest BCUT2D eigenvalue weighted by Gasteiger charge is -2.30. The topological polar surface area (TPSA) is 67.4 Å². The molecule has 0 aliphatic carbocycles. The molecule has 1 N–H and O–H groups in total. The molecule has 1 aliphatic heterocycles. The van der Waals surface area contributed by atoms with E-state index in [0.717, 1.165) is 18.7 Å². The summed E-state index contributed by atoms with van der Waals surface area (Å²) in [5.41, 5.74) is 2.32. The van der Waals surface area contributed by atoms with E-state index in [9.17, 15) is 4.79 Å². The maximum absolute atomic E-state index is 13.5. The van der Waals surface area contributed by atoms with Gasteiger partial charge in [0, 0.05) is 31.2 Å². The van der Waals surface area contributed by atoms with Crippen LogP contribution in [0, 0.1) is 0 Å². The third-order valence-electron chi connectivity index (χ3n) is 4.83. The van der Waals surface area contributed by atoms with Crippen molar-refractivity contribution < 1.29 is 9.53 Å². The monoisotopic (exact) mass is 442 g/mol. The summed E-state index contributed by atoms with van der Waals surface area (Å²) < 4.78 is 5.77. The summed E-state index contributed by atoms with van der Waals surface area (Å²) in [6, 6.07) is 15.2. The van der Waals surface area contributed by atoms with E-state index in [1.165, 1.54) is 11.8 Å². The van der Waals surface area contributed by atoms with E-state index >= 15 is 0 Å². The standard InChI is InChI=1S/C22H23ClN4O2S/c1-2-29-20-21(26-17-9-8-16(23)14-18(17)25-20)30-19(15-6-4-3-5-7-15)22(28)27-12-10-24-11-13-27/h3-9,14,19,24H,2,10-13H2,1H3. The molecule has 3 aromatic rings. The van der Waals surface area contributed by atoms with Crippen LogP contribution in [0.5, 0.6) is 5.88 Å². The van der Waals surface area contributed by atoms with E-state index in [2.05, 4.69) is 10.3 Å². The Labute approximate surface area is 185 Å². The zero-order valence-electron chi connectivity index (χ0n) is 16.7. The van der Waals surface area contributed by atoms with Gasteiger partial charge >= 0.3 is 0 Å². The normalized spacial score (nSPS) is 15.2. The van der Waals surface area contributed by atoms with E-state index in [-0.39, 0.29) is 5.91 Å². The van der Waals surface area contributed by atoms with Crippen molar-refractivity contribution in [3.63, 3.8) is 0 Å². The SMILES string of the molecule is CCOc1nc2cc(Cl)ccc2nc1SC(C(=O)N1CCNCC1)c1ccccc1. The number of benzene rings is 2. The van der Waals surface area contributed by atoms with Crippen LogP contribution >= 0.6 is 23.4 Å². The van der Waals surface area contributed by atoms with Crippen molar-refractivity contribution in [1.29, 1.82) is 0 Å². The van der Waals surface area contributed by atoms with Gasteiger partial charge in [0.15, 0.2) is 5.03 Å². The molecule has 1 aliphatic rings. The highest BCUT2D eigenvalue weighted by atomic mass is 35.5. The van der Waals surface area contributed by atoms with Gasteiger partial charge in [-0.15, -0.1) is 0 Å². The first-order valence-electron chi connectivity index (χ1n) is 9.97. The zero-order valence-corrected chi connectivity index (χ0v) is 18.2. The highest BCUT2D eigenvalue weighted by Gasteiger charge is 2.30. The number of amides is 1. The van der Waals surface area contributed by atoms with Crippen LogP contribution in [0.15, 0.2) is 53.6 Å². The summed E-state index contributed by atoms with van der Waals surface area (Å²) in [6.45, 7) is 5.36. The van der Waals surface area contributed by atoms with Gasteiger partial charge in [0.1, 0.15) is 5.25 Å². The zero-order chi connectivity index (χ0) is 20.9. The molecule has 4 rings (SSSR count). The predicted octanol–water partition coefficient (Wildman–Crippen LogP) is 3.95. The largest absolute Gasteiger partial charge is 0.476 e. The second-order valence-corrected chi connectivity index (χ2v) is 8.41. The van der Waals surface area contributed by atoms with Crippen molar-refractivity contribution in [2.75, 3.05) is 32.8 Å². The number of carbonyl (C=O) groups is 1. The quantitative estimate of drug-likeness (QED) is 0.583. The van der Waals surface area contributed by atoms with Crippen LogP contribution in [0.3, 0.4) is 0 Å². The smallest absolute Gasteiger partial charge is 0.247 e. The van der Waals surface area contributed by atoms with E-state index in [1.54, 1.807) is 12.1 Å². The lowest BCUT2D eigenvalue weighted by Crippen LogP contribution is -2.47. The second-order valence-electron chi connectivity index (χ2n) is 6.88. The van der Waals surface area contributed by atoms with Gasteiger partial charge in [0.25, 0.3) is 0 Å². The Hall–Kier alpha value is -2.35. The second kappa shape index (κ2) is 9.64. The van der Waals surface area contributed by atoms with Crippen molar-refractivity contribution >= 4 is 40.3 Å². The lowest BCUT2D eigenvalue weighted by molar-refractivity contribution is -0.131. The van der Waals surface area contributed by atoms with Crippen molar-refractivity contribution in [3.05, 3.63) is 59.1 Å². The molecule has 1 aromatic heterocycles. The van der Waals surface area contributed by atoms with Crippen molar-refractivity contribution in [1.82, 2.24) is 20.2 Å². The third-order valence-corrected chi connectivity index (χ3v) is 6.26. The van der Waals surface area contributed by atoms with Crippen LogP contribution in [0.4, 0.5) is 0 Å². The molecule has 2 aromatic carbocycles. The molecule has 0 bridgehead atoms. The molecule has 6 nitrogen and oxygen atoms in total. The van der Waals surface area contributed by atoms with E-state index in [4.69, 9.17) is 21.3 Å². The summed E-state index contributed by atoms with van der Waals surface area (Å²) in [5.74, 6) is 0.500. The minimum atomic E-state index is -0.428. The molecule has 1 unspecified atom stereocenters. The Bertz CT molecular complexity index is 1030. The van der Waals surface area contributed by atoms with Gasteiger partial charge in [-0.3, -0.25) is 4.79 Å². The first-order valence-corrected chi connectivity index (χ1v) is 11.2. The van der Waals surface area contributed by atoms with E-state index < -0.39 is 5.25 Å². The number of halogens is 1. The molecule has 2 heterocycles. The summed E-state index contributed by atoms with van der Waals surface area (Å²) in [4.78, 5) is 24.7. The summed E-state index contributed by atoms with van der Waals surface area (Å²) in [6.07, 6.45) is 0. The lowest BCUT2D eigenvalue weighted by atomic mass is 10.1. The number of thioether (sulfide) groups is 1. The molecule has 0 spiro atoms. The molecule has 0 saturated carbocycles. The number of carbonyl (C=O) groups excluding carboxylic acids is 1. The molecule has 0 radical (unpaired) electrons. The molecular weight excluding hydrogens is 420 g/mol. The van der Waals surface area contributed by atoms with Crippen LogP contribution in [0.1, 0.15) is 17.7 Å².